The van der Waals surface area contributed by atoms with E-state index in [9.17, 15) is 9.90 Å². The van der Waals surface area contributed by atoms with E-state index in [1.807, 2.05) is 30.6 Å². The van der Waals surface area contributed by atoms with Crippen molar-refractivity contribution in [1.82, 2.24) is 19.9 Å². The number of aliphatic hydroxyl groups is 1. The standard InChI is InChI=1S/C50H67F2N5O7Si/c1-31(2)65(32(3)4,33(5)6)23-17-36-39(51)16-15-34-24-35(63-30-60-11)25-37(41(34)36)43-42(52)44-38(26-53-43)45(56-21-22-61-28-49(10,59)27-56)55-46(54-44)62-29-50-18-12-14-40(50)57(20-13-19-50)47(58)64-48(7,8)9/h15-16,24-26,31-33,40,59H,12-14,18-22,27-30H2,1-11H3/t40-,49+,50-/m1/s1. The normalized spacial score (nSPS) is 21.8. The van der Waals surface area contributed by atoms with E-state index in [2.05, 4.69) is 53.0 Å². The van der Waals surface area contributed by atoms with Crippen molar-refractivity contribution >= 4 is 41.7 Å². The van der Waals surface area contributed by atoms with Crippen molar-refractivity contribution in [3.8, 4) is 34.5 Å². The number of methoxy groups -OCH3 is 1. The zero-order valence-corrected chi connectivity index (χ0v) is 41.1. The fraction of sp³-hybridized carbons (Fsp3) is 0.600. The summed E-state index contributed by atoms with van der Waals surface area (Å²) >= 11 is 0. The number of β-amino-alcohol motifs (C(OH)–C–C–N with tert-alkyl or cyclic N) is 1. The number of hydrogen-bond acceptors (Lipinski definition) is 11. The highest BCUT2D eigenvalue weighted by Crippen LogP contribution is 2.49. The molecule has 15 heteroatoms. The minimum atomic E-state index is -2.33. The van der Waals surface area contributed by atoms with E-state index in [1.165, 1.54) is 19.4 Å². The maximum absolute atomic E-state index is 17.9. The van der Waals surface area contributed by atoms with Crippen molar-refractivity contribution in [3.63, 3.8) is 0 Å². The summed E-state index contributed by atoms with van der Waals surface area (Å²) in [7, 11) is -0.823. The van der Waals surface area contributed by atoms with E-state index in [-0.39, 0.29) is 72.4 Å². The van der Waals surface area contributed by atoms with Gasteiger partial charge in [-0.25, -0.2) is 13.6 Å². The first-order chi connectivity index (χ1) is 30.7. The van der Waals surface area contributed by atoms with Gasteiger partial charge in [-0.15, -0.1) is 5.54 Å². The first-order valence-corrected chi connectivity index (χ1v) is 25.4. The lowest BCUT2D eigenvalue weighted by Crippen LogP contribution is -2.55. The van der Waals surface area contributed by atoms with Gasteiger partial charge in [0.2, 0.25) is 0 Å². The largest absolute Gasteiger partial charge is 0.468 e. The molecule has 12 nitrogen and oxygen atoms in total. The first-order valence-electron chi connectivity index (χ1n) is 23.2. The van der Waals surface area contributed by atoms with Crippen LogP contribution in [0.5, 0.6) is 11.8 Å². The highest BCUT2D eigenvalue weighted by Gasteiger charge is 2.51. The molecule has 0 spiro atoms. The highest BCUT2D eigenvalue weighted by molar-refractivity contribution is 6.90. The van der Waals surface area contributed by atoms with E-state index in [0.29, 0.717) is 64.0 Å². The second-order valence-electron chi connectivity index (χ2n) is 20.5. The molecule has 2 aromatic heterocycles. The minimum absolute atomic E-state index is 0.0558. The summed E-state index contributed by atoms with van der Waals surface area (Å²) in [5.41, 5.74) is 2.58. The Morgan fingerprint density at radius 2 is 1.75 bits per heavy atom. The van der Waals surface area contributed by atoms with Crippen LogP contribution in [-0.4, -0.2) is 110 Å². The number of rotatable bonds is 11. The third-order valence-corrected chi connectivity index (χ3v) is 20.0. The molecule has 65 heavy (non-hydrogen) atoms. The fourth-order valence-corrected chi connectivity index (χ4v) is 16.1. The van der Waals surface area contributed by atoms with Crippen molar-refractivity contribution in [2.45, 2.75) is 135 Å². The number of halogens is 2. The van der Waals surface area contributed by atoms with Gasteiger partial charge in [0, 0.05) is 48.8 Å². The zero-order valence-electron chi connectivity index (χ0n) is 40.1. The molecule has 1 aliphatic carbocycles. The van der Waals surface area contributed by atoms with Crippen molar-refractivity contribution in [2.75, 3.05) is 58.3 Å². The van der Waals surface area contributed by atoms with E-state index < -0.39 is 30.9 Å². The monoisotopic (exact) mass is 915 g/mol. The van der Waals surface area contributed by atoms with Gasteiger partial charge in [0.25, 0.3) is 0 Å². The molecular weight excluding hydrogens is 849 g/mol. The van der Waals surface area contributed by atoms with Crippen LogP contribution in [0, 0.1) is 28.5 Å². The Morgan fingerprint density at radius 3 is 2.45 bits per heavy atom. The molecule has 2 aromatic carbocycles. The number of pyridine rings is 1. The van der Waals surface area contributed by atoms with Crippen LogP contribution in [0.15, 0.2) is 30.5 Å². The van der Waals surface area contributed by atoms with Gasteiger partial charge in [0.05, 0.1) is 37.3 Å². The number of carbonyl (C=O) groups is 1. The molecule has 7 rings (SSSR count). The highest BCUT2D eigenvalue weighted by atomic mass is 28.3. The molecule has 0 unspecified atom stereocenters. The molecule has 2 aliphatic heterocycles. The Morgan fingerprint density at radius 1 is 1.03 bits per heavy atom. The second-order valence-corrected chi connectivity index (χ2v) is 26.1. The number of benzene rings is 2. The average molecular weight is 916 g/mol. The van der Waals surface area contributed by atoms with Crippen LogP contribution in [0.2, 0.25) is 16.6 Å². The summed E-state index contributed by atoms with van der Waals surface area (Å²) in [5.74, 6) is 2.73. The number of likely N-dealkylation sites (tertiary alicyclic amines) is 1. The summed E-state index contributed by atoms with van der Waals surface area (Å²) < 4.78 is 63.6. The molecule has 1 amide bonds. The molecule has 4 heterocycles. The lowest BCUT2D eigenvalue weighted by Gasteiger charge is -2.46. The van der Waals surface area contributed by atoms with Crippen molar-refractivity contribution < 1.29 is 42.4 Å². The first kappa shape index (κ1) is 48.3. The summed E-state index contributed by atoms with van der Waals surface area (Å²) in [4.78, 5) is 31.6. The molecule has 3 aliphatic rings. The predicted molar refractivity (Wildman–Crippen MR) is 252 cm³/mol. The summed E-state index contributed by atoms with van der Waals surface area (Å²) in [6.07, 6.45) is 5.34. The van der Waals surface area contributed by atoms with Gasteiger partial charge >= 0.3 is 12.1 Å². The summed E-state index contributed by atoms with van der Waals surface area (Å²) in [6, 6.07) is 6.28. The van der Waals surface area contributed by atoms with Crippen LogP contribution >= 0.6 is 0 Å². The molecule has 3 atom stereocenters. The fourth-order valence-electron chi connectivity index (χ4n) is 10.9. The van der Waals surface area contributed by atoms with Gasteiger partial charge in [-0.2, -0.15) is 9.97 Å². The van der Waals surface area contributed by atoms with Crippen LogP contribution in [-0.2, 0) is 14.2 Å². The lowest BCUT2D eigenvalue weighted by atomic mass is 9.75. The maximum Gasteiger partial charge on any atom is 0.410 e. The van der Waals surface area contributed by atoms with Gasteiger partial charge in [-0.05, 0) is 93.6 Å². The molecule has 3 fully saturated rings. The van der Waals surface area contributed by atoms with Gasteiger partial charge in [-0.3, -0.25) is 4.98 Å². The third kappa shape index (κ3) is 9.78. The number of amides is 1. The van der Waals surface area contributed by atoms with Crippen LogP contribution in [0.3, 0.4) is 0 Å². The van der Waals surface area contributed by atoms with Gasteiger partial charge in [0.1, 0.15) is 47.9 Å². The molecule has 0 bridgehead atoms. The number of carbonyl (C=O) groups excluding carboxylic acids is 1. The maximum atomic E-state index is 17.9. The SMILES string of the molecule is COCOc1cc(-c2ncc3c(N4CCOC[C@@](C)(O)C4)nc(OC[C@]45CCC[C@H]4N(C(=O)OC(C)(C)C)CCC5)nc3c2F)c2c(C#C[Si](C(C)C)(C(C)C)C(C)C)c(F)ccc2c1. The van der Waals surface area contributed by atoms with Gasteiger partial charge < -0.3 is 38.6 Å². The molecule has 4 aromatic rings. The summed E-state index contributed by atoms with van der Waals surface area (Å²) in [5, 5.41) is 12.6. The van der Waals surface area contributed by atoms with E-state index in [0.717, 1.165) is 32.1 Å². The van der Waals surface area contributed by atoms with E-state index in [1.54, 1.807) is 25.1 Å². The Bertz CT molecular complexity index is 2440. The van der Waals surface area contributed by atoms with Crippen molar-refractivity contribution in [2.24, 2.45) is 5.41 Å². The van der Waals surface area contributed by atoms with Crippen LogP contribution in [0.1, 0.15) is 107 Å². The molecule has 1 saturated carbocycles. The van der Waals surface area contributed by atoms with Gasteiger partial charge in [0.15, 0.2) is 12.6 Å². The number of piperidine rings is 1. The summed E-state index contributed by atoms with van der Waals surface area (Å²) in [6.45, 7) is 22.1. The number of aromatic nitrogens is 3. The molecule has 2 saturated heterocycles. The lowest BCUT2D eigenvalue weighted by molar-refractivity contribution is -0.0282. The van der Waals surface area contributed by atoms with Crippen LogP contribution in [0.4, 0.5) is 19.4 Å². The number of anilines is 1. The Kier molecular flexibility index (Phi) is 14.1. The molecular formula is C50H67F2N5O7Si. The zero-order chi connectivity index (χ0) is 47.1. The number of ether oxygens (including phenoxy) is 5. The second kappa shape index (κ2) is 18.9. The molecule has 0 radical (unpaired) electrons. The average Bonchev–Trinajstić information content (AvgIpc) is 3.58. The number of hydrogen-bond donors (Lipinski definition) is 1. The predicted octanol–water partition coefficient (Wildman–Crippen LogP) is 10.2. The molecule has 352 valence electrons. The van der Waals surface area contributed by atoms with Gasteiger partial charge in [-0.1, -0.05) is 60.0 Å². The molecule has 1 N–H and O–H groups in total. The number of nitrogens with zero attached hydrogens (tertiary/aromatic N) is 5. The van der Waals surface area contributed by atoms with Crippen LogP contribution in [0.25, 0.3) is 32.9 Å². The third-order valence-electron chi connectivity index (χ3n) is 13.7. The quantitative estimate of drug-likeness (QED) is 0.0877. The Balaban J connectivity index is 1.40. The Labute approximate surface area is 383 Å². The smallest absolute Gasteiger partial charge is 0.410 e. The number of fused-ring (bicyclic) bond motifs is 3. The topological polar surface area (TPSA) is 129 Å². The van der Waals surface area contributed by atoms with E-state index in [4.69, 9.17) is 38.6 Å². The minimum Gasteiger partial charge on any atom is -0.468 e. The van der Waals surface area contributed by atoms with E-state index >= 15 is 8.78 Å². The van der Waals surface area contributed by atoms with Crippen LogP contribution < -0.4 is 14.4 Å². The van der Waals surface area contributed by atoms with Crippen molar-refractivity contribution in [1.29, 1.82) is 0 Å². The Hall–Kier alpha value is -4.62. The van der Waals surface area contributed by atoms with Crippen molar-refractivity contribution in [3.05, 3.63) is 47.7 Å².